The molecule has 0 saturated heterocycles. The summed E-state index contributed by atoms with van der Waals surface area (Å²) < 4.78 is 0. The number of hydrogen-bond donors (Lipinski definition) is 1. The largest absolute Gasteiger partial charge is 0.353 e. The monoisotopic (exact) mass is 292 g/mol. The van der Waals surface area contributed by atoms with E-state index in [1.165, 1.54) is 11.3 Å². The Hall–Kier alpha value is -1.79. The number of hydrogen-bond acceptors (Lipinski definition) is 5. The zero-order valence-electron chi connectivity index (χ0n) is 9.98. The maximum Gasteiger partial charge on any atom is 0.282 e. The Kier molecular flexibility index (Phi) is 3.04. The molecule has 0 aliphatic heterocycles. The van der Waals surface area contributed by atoms with Crippen LogP contribution in [0.25, 0.3) is 16.6 Å². The number of halogens is 1. The lowest BCUT2D eigenvalue weighted by molar-refractivity contribution is 0.0962. The van der Waals surface area contributed by atoms with Gasteiger partial charge in [0.1, 0.15) is 0 Å². The van der Waals surface area contributed by atoms with Crippen molar-refractivity contribution in [3.8, 4) is 10.6 Å². The molecule has 0 atom stereocenters. The van der Waals surface area contributed by atoms with E-state index < -0.39 is 0 Å². The van der Waals surface area contributed by atoms with Crippen LogP contribution >= 0.6 is 22.9 Å². The predicted octanol–water partition coefficient (Wildman–Crippen LogP) is 2.18. The van der Waals surface area contributed by atoms with Crippen molar-refractivity contribution in [2.24, 2.45) is 0 Å². The minimum Gasteiger partial charge on any atom is -0.353 e. The molecule has 19 heavy (non-hydrogen) atoms. The van der Waals surface area contributed by atoms with Gasteiger partial charge in [0, 0.05) is 25.2 Å². The standard InChI is InChI=1S/C12H9ClN4OS/c1-14-10(18)12-17-16-11(19-12)7-5-15-8-4-2-3-6(8)9(7)13/h2-3,5H,4H2,1H3,(H,14,18). The summed E-state index contributed by atoms with van der Waals surface area (Å²) in [6.07, 6.45) is 6.45. The highest BCUT2D eigenvalue weighted by molar-refractivity contribution is 7.16. The first-order valence-corrected chi connectivity index (χ1v) is 6.80. The zero-order valence-corrected chi connectivity index (χ0v) is 11.5. The van der Waals surface area contributed by atoms with Gasteiger partial charge in [-0.25, -0.2) is 0 Å². The van der Waals surface area contributed by atoms with E-state index in [2.05, 4.69) is 20.5 Å². The molecular weight excluding hydrogens is 284 g/mol. The van der Waals surface area contributed by atoms with Crippen LogP contribution in [-0.4, -0.2) is 28.1 Å². The maximum absolute atomic E-state index is 11.5. The first kappa shape index (κ1) is 12.3. The second-order valence-electron chi connectivity index (χ2n) is 3.94. The second-order valence-corrected chi connectivity index (χ2v) is 5.30. The number of fused-ring (bicyclic) bond motifs is 1. The van der Waals surface area contributed by atoms with E-state index >= 15 is 0 Å². The van der Waals surface area contributed by atoms with Gasteiger partial charge in [-0.1, -0.05) is 35.1 Å². The number of carbonyl (C=O) groups excluding carboxylic acids is 1. The van der Waals surface area contributed by atoms with E-state index in [1.807, 2.05) is 12.2 Å². The summed E-state index contributed by atoms with van der Waals surface area (Å²) in [6.45, 7) is 0. The fourth-order valence-electron chi connectivity index (χ4n) is 1.84. The van der Waals surface area contributed by atoms with Gasteiger partial charge in [-0.2, -0.15) is 0 Å². The highest BCUT2D eigenvalue weighted by atomic mass is 35.5. The highest BCUT2D eigenvalue weighted by Crippen LogP contribution is 2.35. The summed E-state index contributed by atoms with van der Waals surface area (Å²) in [7, 11) is 1.55. The number of allylic oxidation sites excluding steroid dienone is 1. The Balaban J connectivity index is 2.05. The Morgan fingerprint density at radius 1 is 1.47 bits per heavy atom. The van der Waals surface area contributed by atoms with Gasteiger partial charge < -0.3 is 5.32 Å². The smallest absolute Gasteiger partial charge is 0.282 e. The molecule has 1 amide bonds. The molecule has 0 bridgehead atoms. The summed E-state index contributed by atoms with van der Waals surface area (Å²) in [6, 6.07) is 0. The Morgan fingerprint density at radius 2 is 2.32 bits per heavy atom. The summed E-state index contributed by atoms with van der Waals surface area (Å²) in [5.74, 6) is -0.256. The van der Waals surface area contributed by atoms with Crippen molar-refractivity contribution in [1.29, 1.82) is 0 Å². The minimum atomic E-state index is -0.256. The topological polar surface area (TPSA) is 67.8 Å². The third-order valence-electron chi connectivity index (χ3n) is 2.81. The van der Waals surface area contributed by atoms with Crippen LogP contribution in [0.4, 0.5) is 0 Å². The molecule has 2 aromatic rings. The molecule has 0 radical (unpaired) electrons. The normalized spacial score (nSPS) is 12.5. The number of rotatable bonds is 2. The molecule has 0 fully saturated rings. The lowest BCUT2D eigenvalue weighted by Crippen LogP contribution is -2.17. The number of nitrogens with one attached hydrogen (secondary N) is 1. The average molecular weight is 293 g/mol. The van der Waals surface area contributed by atoms with Gasteiger partial charge in [-0.15, -0.1) is 10.2 Å². The Labute approximate surface area is 118 Å². The van der Waals surface area contributed by atoms with E-state index in [1.54, 1.807) is 13.2 Å². The van der Waals surface area contributed by atoms with E-state index in [9.17, 15) is 4.79 Å². The third kappa shape index (κ3) is 2.02. The maximum atomic E-state index is 11.5. The first-order valence-electron chi connectivity index (χ1n) is 5.60. The fraction of sp³-hybridized carbons (Fsp3) is 0.167. The van der Waals surface area contributed by atoms with Crippen molar-refractivity contribution in [2.75, 3.05) is 7.05 Å². The molecule has 7 heteroatoms. The van der Waals surface area contributed by atoms with Crippen LogP contribution in [0.1, 0.15) is 21.1 Å². The lowest BCUT2D eigenvalue weighted by atomic mass is 10.1. The molecule has 5 nitrogen and oxygen atoms in total. The van der Waals surface area contributed by atoms with Crippen molar-refractivity contribution in [2.45, 2.75) is 6.42 Å². The molecule has 0 unspecified atom stereocenters. The van der Waals surface area contributed by atoms with Gasteiger partial charge in [0.2, 0.25) is 5.01 Å². The third-order valence-corrected chi connectivity index (χ3v) is 4.17. The van der Waals surface area contributed by atoms with Crippen molar-refractivity contribution in [3.63, 3.8) is 0 Å². The van der Waals surface area contributed by atoms with Gasteiger partial charge in [-0.3, -0.25) is 9.78 Å². The van der Waals surface area contributed by atoms with Crippen molar-refractivity contribution >= 4 is 34.9 Å². The van der Waals surface area contributed by atoms with Gasteiger partial charge >= 0.3 is 0 Å². The summed E-state index contributed by atoms with van der Waals surface area (Å²) in [4.78, 5) is 15.8. The highest BCUT2D eigenvalue weighted by Gasteiger charge is 2.19. The van der Waals surface area contributed by atoms with Crippen LogP contribution in [0.5, 0.6) is 0 Å². The molecule has 3 rings (SSSR count). The SMILES string of the molecule is CNC(=O)c1nnc(-c2cnc3c(c2Cl)C=CC3)s1. The molecule has 0 spiro atoms. The van der Waals surface area contributed by atoms with Crippen LogP contribution in [0.15, 0.2) is 12.3 Å². The second kappa shape index (κ2) is 4.71. The van der Waals surface area contributed by atoms with Crippen LogP contribution < -0.4 is 5.32 Å². The van der Waals surface area contributed by atoms with Gasteiger partial charge in [0.25, 0.3) is 5.91 Å². The molecule has 0 aromatic carbocycles. The molecule has 1 aliphatic carbocycles. The van der Waals surface area contributed by atoms with Gasteiger partial charge in [0.05, 0.1) is 16.3 Å². The first-order chi connectivity index (χ1) is 9.20. The molecule has 2 heterocycles. The zero-order chi connectivity index (χ0) is 13.4. The molecule has 96 valence electrons. The summed E-state index contributed by atoms with van der Waals surface area (Å²) >= 11 is 7.55. The summed E-state index contributed by atoms with van der Waals surface area (Å²) in [5, 5.41) is 11.9. The van der Waals surface area contributed by atoms with E-state index in [-0.39, 0.29) is 5.91 Å². The molecule has 2 aromatic heterocycles. The molecular formula is C12H9ClN4OS. The lowest BCUT2D eigenvalue weighted by Gasteiger charge is -2.04. The van der Waals surface area contributed by atoms with Gasteiger partial charge in [0.15, 0.2) is 5.01 Å². The van der Waals surface area contributed by atoms with Gasteiger partial charge in [-0.05, 0) is 0 Å². The molecule has 0 saturated carbocycles. The average Bonchev–Trinajstić information content (AvgIpc) is 3.07. The van der Waals surface area contributed by atoms with E-state index in [0.717, 1.165) is 17.7 Å². The molecule has 1 aliphatic rings. The summed E-state index contributed by atoms with van der Waals surface area (Å²) in [5.41, 5.74) is 2.60. The van der Waals surface area contributed by atoms with Crippen LogP contribution in [0.2, 0.25) is 5.02 Å². The molecule has 1 N–H and O–H groups in total. The van der Waals surface area contributed by atoms with Crippen LogP contribution in [-0.2, 0) is 6.42 Å². The van der Waals surface area contributed by atoms with E-state index in [0.29, 0.717) is 20.6 Å². The fourth-order valence-corrected chi connectivity index (χ4v) is 3.01. The number of carbonyl (C=O) groups is 1. The Morgan fingerprint density at radius 3 is 3.11 bits per heavy atom. The van der Waals surface area contributed by atoms with E-state index in [4.69, 9.17) is 11.6 Å². The number of pyridine rings is 1. The number of amides is 1. The van der Waals surface area contributed by atoms with Crippen molar-refractivity contribution in [3.05, 3.63) is 33.6 Å². The Bertz CT molecular complexity index is 695. The van der Waals surface area contributed by atoms with Crippen molar-refractivity contribution in [1.82, 2.24) is 20.5 Å². The number of aromatic nitrogens is 3. The van der Waals surface area contributed by atoms with Crippen molar-refractivity contribution < 1.29 is 4.79 Å². The minimum absolute atomic E-state index is 0.256. The van der Waals surface area contributed by atoms with Crippen LogP contribution in [0.3, 0.4) is 0 Å². The number of nitrogens with zero attached hydrogens (tertiary/aromatic N) is 3. The van der Waals surface area contributed by atoms with Crippen LogP contribution in [0, 0.1) is 0 Å². The quantitative estimate of drug-likeness (QED) is 0.921. The predicted molar refractivity (Wildman–Crippen MR) is 74.3 cm³/mol.